The van der Waals surface area contributed by atoms with Crippen LogP contribution in [0.5, 0.6) is 5.75 Å². The summed E-state index contributed by atoms with van der Waals surface area (Å²) >= 11 is 1.18. The number of para-hydroxylation sites is 2. The summed E-state index contributed by atoms with van der Waals surface area (Å²) < 4.78 is 11.0. The maximum absolute atomic E-state index is 12.3. The van der Waals surface area contributed by atoms with E-state index in [1.807, 2.05) is 12.1 Å². The van der Waals surface area contributed by atoms with Crippen molar-refractivity contribution in [2.24, 2.45) is 4.99 Å². The lowest BCUT2D eigenvalue weighted by Crippen LogP contribution is -2.19. The van der Waals surface area contributed by atoms with Gasteiger partial charge in [-0.15, -0.1) is 0 Å². The molecule has 4 rings (SSSR count). The first-order valence-corrected chi connectivity index (χ1v) is 9.72. The van der Waals surface area contributed by atoms with E-state index in [0.717, 1.165) is 0 Å². The second-order valence-corrected chi connectivity index (χ2v) is 7.24. The Balaban J connectivity index is 1.59. The van der Waals surface area contributed by atoms with Crippen LogP contribution in [-0.2, 0) is 4.79 Å². The number of amidine groups is 1. The normalized spacial score (nSPS) is 16.1. The molecular weight excluding hydrogens is 404 g/mol. The zero-order chi connectivity index (χ0) is 21.1. The third-order valence-electron chi connectivity index (χ3n) is 4.28. The minimum absolute atomic E-state index is 0.144. The van der Waals surface area contributed by atoms with Crippen molar-refractivity contribution in [3.05, 3.63) is 76.9 Å². The van der Waals surface area contributed by atoms with Crippen LogP contribution < -0.4 is 10.1 Å². The first-order valence-electron chi connectivity index (χ1n) is 8.90. The third kappa shape index (κ3) is 3.99. The molecule has 0 unspecified atom stereocenters. The number of nitrogens with one attached hydrogen (secondary N) is 1. The van der Waals surface area contributed by atoms with Gasteiger partial charge in [0, 0.05) is 11.6 Å². The van der Waals surface area contributed by atoms with E-state index < -0.39 is 5.97 Å². The molecule has 30 heavy (non-hydrogen) atoms. The number of hydrogen-bond donors (Lipinski definition) is 2. The van der Waals surface area contributed by atoms with Gasteiger partial charge in [-0.3, -0.25) is 4.79 Å². The summed E-state index contributed by atoms with van der Waals surface area (Å²) in [7, 11) is 1.56. The summed E-state index contributed by atoms with van der Waals surface area (Å²) in [5.41, 5.74) is 1.22. The van der Waals surface area contributed by atoms with Crippen molar-refractivity contribution < 1.29 is 23.8 Å². The standard InChI is InChI=1S/C22H16N2O5S/c1-28-18-9-5-4-8-16(18)23-22-24-20(25)19(30-22)12-13-10-11-17(29-13)14-6-2-3-7-15(14)21(26)27/h2-12H,1H3,(H,26,27)(H,23,24,25)/b19-12-. The average Bonchev–Trinajstić information content (AvgIpc) is 3.35. The lowest BCUT2D eigenvalue weighted by molar-refractivity contribution is -0.115. The summed E-state index contributed by atoms with van der Waals surface area (Å²) in [6.45, 7) is 0. The quantitative estimate of drug-likeness (QED) is 0.588. The van der Waals surface area contributed by atoms with Crippen molar-refractivity contribution >= 4 is 40.6 Å². The lowest BCUT2D eigenvalue weighted by atomic mass is 10.1. The maximum Gasteiger partial charge on any atom is 0.336 e. The molecule has 1 aromatic heterocycles. The van der Waals surface area contributed by atoms with Crippen LogP contribution in [0.2, 0.25) is 0 Å². The van der Waals surface area contributed by atoms with Gasteiger partial charge in [0.25, 0.3) is 5.91 Å². The number of carbonyl (C=O) groups excluding carboxylic acids is 1. The predicted octanol–water partition coefficient (Wildman–Crippen LogP) is 4.55. The van der Waals surface area contributed by atoms with E-state index in [0.29, 0.717) is 38.6 Å². The first kappa shape index (κ1) is 19.5. The number of carbonyl (C=O) groups is 2. The number of furan rings is 1. The number of aromatic carboxylic acids is 1. The molecule has 1 amide bonds. The summed E-state index contributed by atoms with van der Waals surface area (Å²) in [5.74, 6) is 0.111. The number of aliphatic imine (C=N–C) groups is 1. The van der Waals surface area contributed by atoms with Crippen LogP contribution >= 0.6 is 11.8 Å². The van der Waals surface area contributed by atoms with Crippen LogP contribution in [-0.4, -0.2) is 29.3 Å². The Bertz CT molecular complexity index is 1200. The lowest BCUT2D eigenvalue weighted by Gasteiger charge is -2.03. The number of nitrogens with zero attached hydrogens (tertiary/aromatic N) is 1. The summed E-state index contributed by atoms with van der Waals surface area (Å²) in [6, 6.07) is 17.2. The van der Waals surface area contributed by atoms with Crippen LogP contribution in [0.3, 0.4) is 0 Å². The van der Waals surface area contributed by atoms with Crippen molar-refractivity contribution in [2.75, 3.05) is 7.11 Å². The van der Waals surface area contributed by atoms with Crippen LogP contribution in [0.25, 0.3) is 17.4 Å². The number of benzene rings is 2. The van der Waals surface area contributed by atoms with Gasteiger partial charge in [0.1, 0.15) is 23.0 Å². The largest absolute Gasteiger partial charge is 0.494 e. The molecule has 1 saturated heterocycles. The van der Waals surface area contributed by atoms with Crippen LogP contribution in [0, 0.1) is 0 Å². The Morgan fingerprint density at radius 3 is 2.70 bits per heavy atom. The molecule has 150 valence electrons. The smallest absolute Gasteiger partial charge is 0.336 e. The Morgan fingerprint density at radius 1 is 1.13 bits per heavy atom. The molecule has 2 N–H and O–H groups in total. The van der Waals surface area contributed by atoms with Gasteiger partial charge in [0.05, 0.1) is 17.6 Å². The molecule has 3 aromatic rings. The van der Waals surface area contributed by atoms with E-state index in [1.54, 1.807) is 55.7 Å². The highest BCUT2D eigenvalue weighted by molar-refractivity contribution is 8.18. The van der Waals surface area contributed by atoms with Gasteiger partial charge in [-0.05, 0) is 42.1 Å². The maximum atomic E-state index is 12.3. The number of amides is 1. The van der Waals surface area contributed by atoms with Gasteiger partial charge in [-0.1, -0.05) is 30.3 Å². The predicted molar refractivity (Wildman–Crippen MR) is 115 cm³/mol. The molecule has 1 aliphatic rings. The molecule has 2 heterocycles. The first-order chi connectivity index (χ1) is 14.5. The third-order valence-corrected chi connectivity index (χ3v) is 5.19. The van der Waals surface area contributed by atoms with Crippen molar-refractivity contribution in [3.63, 3.8) is 0 Å². The number of rotatable bonds is 5. The minimum Gasteiger partial charge on any atom is -0.494 e. The molecular formula is C22H16N2O5S. The Kier molecular flexibility index (Phi) is 5.40. The van der Waals surface area contributed by atoms with Crippen LogP contribution in [0.15, 0.2) is 75.0 Å². The highest BCUT2D eigenvalue weighted by Gasteiger charge is 2.25. The van der Waals surface area contributed by atoms with E-state index in [1.165, 1.54) is 17.8 Å². The molecule has 7 nitrogen and oxygen atoms in total. The molecule has 1 fully saturated rings. The molecule has 0 spiro atoms. The zero-order valence-corrected chi connectivity index (χ0v) is 16.6. The van der Waals surface area contributed by atoms with E-state index >= 15 is 0 Å². The summed E-state index contributed by atoms with van der Waals surface area (Å²) in [5, 5.41) is 12.5. The van der Waals surface area contributed by atoms with E-state index in [2.05, 4.69) is 10.3 Å². The molecule has 0 bridgehead atoms. The van der Waals surface area contributed by atoms with Gasteiger partial charge in [-0.2, -0.15) is 0 Å². The number of carboxylic acids is 1. The number of methoxy groups -OCH3 is 1. The van der Waals surface area contributed by atoms with Crippen molar-refractivity contribution in [1.29, 1.82) is 0 Å². The zero-order valence-electron chi connectivity index (χ0n) is 15.8. The highest BCUT2D eigenvalue weighted by Crippen LogP contribution is 2.33. The second kappa shape index (κ2) is 8.30. The monoisotopic (exact) mass is 420 g/mol. The number of hydrogen-bond acceptors (Lipinski definition) is 6. The SMILES string of the molecule is COc1ccccc1N=C1NC(=O)/C(=C/c2ccc(-c3ccccc3C(=O)O)o2)S1. The van der Waals surface area contributed by atoms with Crippen molar-refractivity contribution in [2.45, 2.75) is 0 Å². The fourth-order valence-electron chi connectivity index (χ4n) is 2.90. The van der Waals surface area contributed by atoms with Gasteiger partial charge in [0.2, 0.25) is 0 Å². The van der Waals surface area contributed by atoms with E-state index in [-0.39, 0.29) is 11.5 Å². The average molecular weight is 420 g/mol. The van der Waals surface area contributed by atoms with Gasteiger partial charge in [0.15, 0.2) is 5.17 Å². The number of ether oxygens (including phenoxy) is 1. The summed E-state index contributed by atoms with van der Waals surface area (Å²) in [4.78, 5) is 28.6. The van der Waals surface area contributed by atoms with Gasteiger partial charge >= 0.3 is 5.97 Å². The van der Waals surface area contributed by atoms with E-state index in [9.17, 15) is 14.7 Å². The van der Waals surface area contributed by atoms with Gasteiger partial charge < -0.3 is 19.6 Å². The Labute approximate surface area is 176 Å². The number of thioether (sulfide) groups is 1. The topological polar surface area (TPSA) is 101 Å². The molecule has 2 aromatic carbocycles. The fourth-order valence-corrected chi connectivity index (χ4v) is 3.72. The molecule has 0 saturated carbocycles. The highest BCUT2D eigenvalue weighted by atomic mass is 32.2. The van der Waals surface area contributed by atoms with Crippen LogP contribution in [0.1, 0.15) is 16.1 Å². The molecule has 0 radical (unpaired) electrons. The minimum atomic E-state index is -1.04. The van der Waals surface area contributed by atoms with Gasteiger partial charge in [-0.25, -0.2) is 9.79 Å². The molecule has 0 aliphatic carbocycles. The van der Waals surface area contributed by atoms with Crippen molar-refractivity contribution in [3.8, 4) is 17.1 Å². The Hall–Kier alpha value is -3.78. The molecule has 1 aliphatic heterocycles. The molecule has 8 heteroatoms. The fraction of sp³-hybridized carbons (Fsp3) is 0.0455. The summed E-state index contributed by atoms with van der Waals surface area (Å²) in [6.07, 6.45) is 1.59. The second-order valence-electron chi connectivity index (χ2n) is 6.21. The Morgan fingerprint density at radius 2 is 1.90 bits per heavy atom. The van der Waals surface area contributed by atoms with E-state index in [4.69, 9.17) is 9.15 Å². The van der Waals surface area contributed by atoms with Crippen molar-refractivity contribution in [1.82, 2.24) is 5.32 Å². The van der Waals surface area contributed by atoms with Crippen LogP contribution in [0.4, 0.5) is 5.69 Å². The number of carboxylic acid groups (broad SMARTS) is 1. The molecule has 0 atom stereocenters.